The lowest BCUT2D eigenvalue weighted by atomic mass is 10.1. The molecule has 0 spiro atoms. The molecule has 0 atom stereocenters. The Morgan fingerprint density at radius 2 is 2.20 bits per heavy atom. The van der Waals surface area contributed by atoms with Crippen LogP contribution in [-0.2, 0) is 0 Å². The van der Waals surface area contributed by atoms with E-state index in [2.05, 4.69) is 9.98 Å². The predicted molar refractivity (Wildman–Crippen MR) is 62.4 cm³/mol. The maximum Gasteiger partial charge on any atom is 0.153 e. The molecule has 1 aromatic carbocycles. The Kier molecular flexibility index (Phi) is 4.16. The minimum Gasteiger partial charge on any atom is -0.270 e. The van der Waals surface area contributed by atoms with E-state index in [1.807, 2.05) is 6.92 Å². The van der Waals surface area contributed by atoms with E-state index < -0.39 is 0 Å². The summed E-state index contributed by atoms with van der Waals surface area (Å²) in [4.78, 5) is 8.27. The molecule has 0 heterocycles. The van der Waals surface area contributed by atoms with E-state index in [1.54, 1.807) is 32.3 Å². The van der Waals surface area contributed by atoms with Gasteiger partial charge < -0.3 is 0 Å². The topological polar surface area (TPSA) is 24.7 Å². The molecule has 0 aromatic heterocycles. The molecule has 0 fully saturated rings. The maximum absolute atomic E-state index is 13.0. The Morgan fingerprint density at radius 3 is 2.73 bits per heavy atom. The van der Waals surface area contributed by atoms with Crippen molar-refractivity contribution in [1.29, 1.82) is 0 Å². The molecular formula is C12H15FN2. The highest BCUT2D eigenvalue weighted by Crippen LogP contribution is 2.10. The van der Waals surface area contributed by atoms with Crippen LogP contribution in [0.1, 0.15) is 24.5 Å². The van der Waals surface area contributed by atoms with Gasteiger partial charge in [-0.2, -0.15) is 0 Å². The van der Waals surface area contributed by atoms with E-state index in [0.717, 1.165) is 12.0 Å². The lowest BCUT2D eigenvalue weighted by Gasteiger charge is -2.02. The van der Waals surface area contributed by atoms with Gasteiger partial charge in [-0.05, 0) is 37.1 Å². The first-order chi connectivity index (χ1) is 7.19. The third kappa shape index (κ3) is 2.98. The number of benzene rings is 1. The molecule has 1 rings (SSSR count). The minimum absolute atomic E-state index is 0.200. The maximum atomic E-state index is 13.0. The number of hydrogen-bond acceptors (Lipinski definition) is 1. The van der Waals surface area contributed by atoms with Crippen molar-refractivity contribution in [3.63, 3.8) is 0 Å². The molecule has 0 radical (unpaired) electrons. The molecule has 15 heavy (non-hydrogen) atoms. The molecule has 0 aliphatic rings. The lowest BCUT2D eigenvalue weighted by Crippen LogP contribution is -1.99. The van der Waals surface area contributed by atoms with Crippen LogP contribution in [0, 0.1) is 12.7 Å². The third-order valence-corrected chi connectivity index (χ3v) is 2.02. The van der Waals surface area contributed by atoms with E-state index in [-0.39, 0.29) is 5.82 Å². The van der Waals surface area contributed by atoms with Crippen molar-refractivity contribution in [2.75, 3.05) is 7.05 Å². The second kappa shape index (κ2) is 5.39. The number of nitrogens with zero attached hydrogens (tertiary/aromatic N) is 2. The van der Waals surface area contributed by atoms with Gasteiger partial charge in [0.2, 0.25) is 0 Å². The monoisotopic (exact) mass is 206 g/mol. The summed E-state index contributed by atoms with van der Waals surface area (Å²) in [5, 5.41) is 0. The number of rotatable bonds is 2. The Hall–Kier alpha value is -1.51. The third-order valence-electron chi connectivity index (χ3n) is 2.02. The minimum atomic E-state index is -0.200. The van der Waals surface area contributed by atoms with E-state index in [0.29, 0.717) is 11.4 Å². The van der Waals surface area contributed by atoms with E-state index in [9.17, 15) is 4.39 Å². The lowest BCUT2D eigenvalue weighted by molar-refractivity contribution is 0.618. The summed E-state index contributed by atoms with van der Waals surface area (Å²) in [7, 11) is 1.68. The van der Waals surface area contributed by atoms with Gasteiger partial charge in [-0.3, -0.25) is 4.99 Å². The average molecular weight is 206 g/mol. The fraction of sp³-hybridized carbons (Fsp3) is 0.333. The second-order valence-corrected chi connectivity index (χ2v) is 3.23. The van der Waals surface area contributed by atoms with Crippen LogP contribution in [0.15, 0.2) is 28.2 Å². The Morgan fingerprint density at radius 1 is 1.47 bits per heavy atom. The molecule has 0 bridgehead atoms. The van der Waals surface area contributed by atoms with E-state index in [4.69, 9.17) is 0 Å². The van der Waals surface area contributed by atoms with Gasteiger partial charge in [0, 0.05) is 18.8 Å². The largest absolute Gasteiger partial charge is 0.270 e. The zero-order chi connectivity index (χ0) is 11.3. The van der Waals surface area contributed by atoms with Crippen molar-refractivity contribution < 1.29 is 4.39 Å². The van der Waals surface area contributed by atoms with E-state index >= 15 is 0 Å². The van der Waals surface area contributed by atoms with Crippen molar-refractivity contribution in [2.24, 2.45) is 9.98 Å². The van der Waals surface area contributed by atoms with Gasteiger partial charge >= 0.3 is 0 Å². The van der Waals surface area contributed by atoms with Crippen molar-refractivity contribution >= 4 is 12.1 Å². The summed E-state index contributed by atoms with van der Waals surface area (Å²) < 4.78 is 13.0. The molecule has 0 amide bonds. The molecular weight excluding hydrogens is 191 g/mol. The fourth-order valence-corrected chi connectivity index (χ4v) is 1.22. The highest BCUT2D eigenvalue weighted by atomic mass is 19.1. The number of aliphatic imine (C=N–C) groups is 2. The molecule has 3 heteroatoms. The van der Waals surface area contributed by atoms with Crippen LogP contribution < -0.4 is 0 Å². The van der Waals surface area contributed by atoms with Crippen LogP contribution in [0.2, 0.25) is 0 Å². The summed E-state index contributed by atoms with van der Waals surface area (Å²) >= 11 is 0. The fourth-order valence-electron chi connectivity index (χ4n) is 1.22. The van der Waals surface area contributed by atoms with Gasteiger partial charge in [0.1, 0.15) is 5.82 Å². The van der Waals surface area contributed by atoms with Gasteiger partial charge in [-0.1, -0.05) is 6.92 Å². The van der Waals surface area contributed by atoms with Crippen LogP contribution in [0.25, 0.3) is 0 Å². The summed E-state index contributed by atoms with van der Waals surface area (Å²) in [6.45, 7) is 3.74. The molecule has 0 aliphatic heterocycles. The second-order valence-electron chi connectivity index (χ2n) is 3.23. The summed E-state index contributed by atoms with van der Waals surface area (Å²) in [6.07, 6.45) is 2.65. The normalized spacial score (nSPS) is 12.4. The van der Waals surface area contributed by atoms with Gasteiger partial charge in [-0.15, -0.1) is 0 Å². The zero-order valence-corrected chi connectivity index (χ0v) is 9.29. The summed E-state index contributed by atoms with van der Waals surface area (Å²) in [5.41, 5.74) is 1.46. The van der Waals surface area contributed by atoms with Crippen molar-refractivity contribution in [1.82, 2.24) is 0 Å². The van der Waals surface area contributed by atoms with Crippen LogP contribution in [0.3, 0.4) is 0 Å². The Bertz CT molecular complexity index is 395. The van der Waals surface area contributed by atoms with Crippen molar-refractivity contribution in [3.8, 4) is 0 Å². The summed E-state index contributed by atoms with van der Waals surface area (Å²) in [5.74, 6) is 0.439. The number of halogens is 1. The molecule has 2 nitrogen and oxygen atoms in total. The molecule has 80 valence electrons. The van der Waals surface area contributed by atoms with Gasteiger partial charge in [0.05, 0.1) is 0 Å². The Balaban J connectivity index is 3.04. The first kappa shape index (κ1) is 11.6. The molecule has 0 saturated heterocycles. The predicted octanol–water partition coefficient (Wildman–Crippen LogP) is 2.99. The standard InChI is InChI=1S/C12H15FN2/c1-4-7-15-12(14-3)10-5-6-11(13)9(2)8-10/h5-8H,4H2,1-3H3. The van der Waals surface area contributed by atoms with Crippen LogP contribution in [0.4, 0.5) is 4.39 Å². The highest BCUT2D eigenvalue weighted by Gasteiger charge is 2.03. The van der Waals surface area contributed by atoms with Crippen LogP contribution >= 0.6 is 0 Å². The van der Waals surface area contributed by atoms with Crippen LogP contribution in [-0.4, -0.2) is 19.1 Å². The van der Waals surface area contributed by atoms with Gasteiger partial charge in [-0.25, -0.2) is 9.38 Å². The first-order valence-corrected chi connectivity index (χ1v) is 4.94. The highest BCUT2D eigenvalue weighted by molar-refractivity contribution is 6.03. The summed E-state index contributed by atoms with van der Waals surface area (Å²) in [6, 6.07) is 4.89. The smallest absolute Gasteiger partial charge is 0.153 e. The molecule has 0 unspecified atom stereocenters. The molecule has 0 N–H and O–H groups in total. The molecule has 1 aromatic rings. The zero-order valence-electron chi connectivity index (χ0n) is 9.29. The number of amidine groups is 1. The Labute approximate surface area is 89.6 Å². The quantitative estimate of drug-likeness (QED) is 0.525. The number of aryl methyl sites for hydroxylation is 1. The van der Waals surface area contributed by atoms with E-state index in [1.165, 1.54) is 6.07 Å². The SMILES string of the molecule is CCC=NC(=NC)c1ccc(F)c(C)c1. The van der Waals surface area contributed by atoms with Crippen molar-refractivity contribution in [2.45, 2.75) is 20.3 Å². The average Bonchev–Trinajstić information content (AvgIpc) is 2.24. The van der Waals surface area contributed by atoms with Gasteiger partial charge in [0.15, 0.2) is 5.84 Å². The van der Waals surface area contributed by atoms with Gasteiger partial charge in [0.25, 0.3) is 0 Å². The van der Waals surface area contributed by atoms with Crippen LogP contribution in [0.5, 0.6) is 0 Å². The number of hydrogen-bond donors (Lipinski definition) is 0. The molecule has 0 saturated carbocycles. The first-order valence-electron chi connectivity index (χ1n) is 4.94. The van der Waals surface area contributed by atoms with Crippen molar-refractivity contribution in [3.05, 3.63) is 35.1 Å². The molecule has 0 aliphatic carbocycles.